The van der Waals surface area contributed by atoms with Gasteiger partial charge >= 0.3 is 11.9 Å². The van der Waals surface area contributed by atoms with E-state index >= 15 is 0 Å². The number of carbonyl (C=O) groups excluding carboxylic acids is 1. The molecule has 0 spiro atoms. The van der Waals surface area contributed by atoms with Gasteiger partial charge in [-0.05, 0) is 47.4 Å². The Labute approximate surface area is 223 Å². The predicted octanol–water partition coefficient (Wildman–Crippen LogP) is 4.56. The van der Waals surface area contributed by atoms with Gasteiger partial charge in [-0.3, -0.25) is 14.9 Å². The second kappa shape index (κ2) is 14.1. The zero-order valence-corrected chi connectivity index (χ0v) is 21.8. The molecule has 0 radical (unpaired) electrons. The number of rotatable bonds is 14. The summed E-state index contributed by atoms with van der Waals surface area (Å²) in [4.78, 5) is 37.2. The molecule has 0 aliphatic rings. The number of amides is 1. The second-order valence-electron chi connectivity index (χ2n) is 9.93. The Morgan fingerprint density at radius 3 is 1.79 bits per heavy atom. The number of carboxylic acids is 2. The fraction of sp³-hybridized carbons (Fsp3) is 0.323. The van der Waals surface area contributed by atoms with Crippen molar-refractivity contribution in [3.8, 4) is 11.1 Å². The van der Waals surface area contributed by atoms with Crippen LogP contribution in [-0.4, -0.2) is 46.2 Å². The highest BCUT2D eigenvalue weighted by atomic mass is 16.4. The smallest absolute Gasteiger partial charge is 0.326 e. The van der Waals surface area contributed by atoms with E-state index in [2.05, 4.69) is 10.6 Å². The van der Waals surface area contributed by atoms with E-state index in [1.165, 1.54) is 0 Å². The fourth-order valence-corrected chi connectivity index (χ4v) is 4.37. The van der Waals surface area contributed by atoms with Crippen molar-refractivity contribution >= 4 is 17.8 Å². The molecule has 4 N–H and O–H groups in total. The molecule has 0 aliphatic heterocycles. The van der Waals surface area contributed by atoms with Gasteiger partial charge in [-0.25, -0.2) is 4.79 Å². The minimum Gasteiger partial charge on any atom is -0.480 e. The molecule has 7 nitrogen and oxygen atoms in total. The van der Waals surface area contributed by atoms with Crippen molar-refractivity contribution in [1.29, 1.82) is 0 Å². The maximum Gasteiger partial charge on any atom is 0.326 e. The average molecular weight is 517 g/mol. The molecule has 0 saturated carbocycles. The molecule has 0 unspecified atom stereocenters. The van der Waals surface area contributed by atoms with Gasteiger partial charge in [-0.15, -0.1) is 0 Å². The topological polar surface area (TPSA) is 116 Å². The van der Waals surface area contributed by atoms with Crippen LogP contribution in [0.15, 0.2) is 84.9 Å². The normalized spacial score (nSPS) is 13.4. The average Bonchev–Trinajstić information content (AvgIpc) is 2.91. The highest BCUT2D eigenvalue weighted by Crippen LogP contribution is 2.20. The molecule has 0 heterocycles. The maximum absolute atomic E-state index is 13.2. The van der Waals surface area contributed by atoms with E-state index in [-0.39, 0.29) is 12.3 Å². The molecule has 38 heavy (non-hydrogen) atoms. The van der Waals surface area contributed by atoms with Gasteiger partial charge in [0.25, 0.3) is 0 Å². The SMILES string of the molecule is CC(C)C[C@H](N[C@@H](CCc1ccccc1)C(=O)O)C(=O)N[C@@H](Cc1ccc(-c2ccccc2)cc1)C(=O)O. The van der Waals surface area contributed by atoms with Crippen molar-refractivity contribution in [3.63, 3.8) is 0 Å². The van der Waals surface area contributed by atoms with Crippen LogP contribution in [0.25, 0.3) is 11.1 Å². The third-order valence-corrected chi connectivity index (χ3v) is 6.40. The highest BCUT2D eigenvalue weighted by Gasteiger charge is 2.30. The van der Waals surface area contributed by atoms with Crippen LogP contribution in [0.2, 0.25) is 0 Å². The van der Waals surface area contributed by atoms with Gasteiger partial charge in [-0.2, -0.15) is 0 Å². The molecule has 0 saturated heterocycles. The molecule has 3 atom stereocenters. The van der Waals surface area contributed by atoms with E-state index in [0.29, 0.717) is 19.3 Å². The van der Waals surface area contributed by atoms with E-state index in [1.807, 2.05) is 98.8 Å². The van der Waals surface area contributed by atoms with Crippen molar-refractivity contribution in [2.75, 3.05) is 0 Å². The lowest BCUT2D eigenvalue weighted by atomic mass is 9.98. The van der Waals surface area contributed by atoms with Crippen molar-refractivity contribution in [3.05, 3.63) is 96.1 Å². The highest BCUT2D eigenvalue weighted by molar-refractivity contribution is 5.87. The van der Waals surface area contributed by atoms with Crippen LogP contribution in [-0.2, 0) is 27.2 Å². The summed E-state index contributed by atoms with van der Waals surface area (Å²) in [5, 5.41) is 25.3. The standard InChI is InChI=1S/C31H36N2O5/c1-21(2)19-27(32-26(30(35)36)18-15-22-9-5-3-6-10-22)29(34)33-28(31(37)38)20-23-13-16-25(17-14-23)24-11-7-4-8-12-24/h3-14,16-17,21,26-28,32H,15,18-20H2,1-2H3,(H,33,34)(H,35,36)(H,37,38)/t26-,27-,28-/m0/s1. The first-order valence-corrected chi connectivity index (χ1v) is 12.9. The summed E-state index contributed by atoms with van der Waals surface area (Å²) < 4.78 is 0. The molecule has 1 amide bonds. The predicted molar refractivity (Wildman–Crippen MR) is 148 cm³/mol. The zero-order chi connectivity index (χ0) is 27.5. The van der Waals surface area contributed by atoms with Gasteiger partial charge in [0, 0.05) is 6.42 Å². The largest absolute Gasteiger partial charge is 0.480 e. The molecule has 0 fully saturated rings. The van der Waals surface area contributed by atoms with Gasteiger partial charge < -0.3 is 15.5 Å². The first kappa shape index (κ1) is 28.6. The van der Waals surface area contributed by atoms with Crippen LogP contribution < -0.4 is 10.6 Å². The number of benzene rings is 3. The molecular weight excluding hydrogens is 480 g/mol. The number of aliphatic carboxylic acids is 2. The van der Waals surface area contributed by atoms with E-state index in [0.717, 1.165) is 22.3 Å². The van der Waals surface area contributed by atoms with Crippen LogP contribution >= 0.6 is 0 Å². The van der Waals surface area contributed by atoms with Gasteiger partial charge in [0.1, 0.15) is 12.1 Å². The van der Waals surface area contributed by atoms with Crippen LogP contribution in [0, 0.1) is 5.92 Å². The second-order valence-corrected chi connectivity index (χ2v) is 9.93. The molecule has 3 aromatic carbocycles. The summed E-state index contributed by atoms with van der Waals surface area (Å²) in [6.45, 7) is 3.87. The molecular formula is C31H36N2O5. The fourth-order valence-electron chi connectivity index (χ4n) is 4.37. The number of carboxylic acid groups (broad SMARTS) is 2. The lowest BCUT2D eigenvalue weighted by molar-refractivity contribution is -0.143. The number of hydrogen-bond acceptors (Lipinski definition) is 4. The lowest BCUT2D eigenvalue weighted by Gasteiger charge is -2.26. The Hall–Kier alpha value is -3.97. The molecule has 3 aromatic rings. The van der Waals surface area contributed by atoms with Crippen molar-refractivity contribution in [2.45, 2.75) is 57.7 Å². The maximum atomic E-state index is 13.2. The van der Waals surface area contributed by atoms with Gasteiger partial charge in [0.15, 0.2) is 0 Å². The van der Waals surface area contributed by atoms with Gasteiger partial charge in [-0.1, -0.05) is 98.8 Å². The van der Waals surface area contributed by atoms with E-state index < -0.39 is 36.0 Å². The van der Waals surface area contributed by atoms with E-state index in [1.54, 1.807) is 0 Å². The molecule has 0 bridgehead atoms. The summed E-state index contributed by atoms with van der Waals surface area (Å²) in [6, 6.07) is 24.1. The third-order valence-electron chi connectivity index (χ3n) is 6.40. The Morgan fingerprint density at radius 2 is 1.24 bits per heavy atom. The Morgan fingerprint density at radius 1 is 0.684 bits per heavy atom. The summed E-state index contributed by atoms with van der Waals surface area (Å²) in [5.41, 5.74) is 3.86. The van der Waals surface area contributed by atoms with Gasteiger partial charge in [0.2, 0.25) is 5.91 Å². The van der Waals surface area contributed by atoms with Gasteiger partial charge in [0.05, 0.1) is 6.04 Å². The number of aryl methyl sites for hydroxylation is 1. The first-order valence-electron chi connectivity index (χ1n) is 12.9. The molecule has 200 valence electrons. The van der Waals surface area contributed by atoms with E-state index in [9.17, 15) is 24.6 Å². The minimum absolute atomic E-state index is 0.0932. The number of nitrogens with one attached hydrogen (secondary N) is 2. The zero-order valence-electron chi connectivity index (χ0n) is 21.8. The quantitative estimate of drug-likeness (QED) is 0.250. The van der Waals surface area contributed by atoms with E-state index in [4.69, 9.17) is 0 Å². The van der Waals surface area contributed by atoms with Crippen molar-refractivity contribution in [2.24, 2.45) is 5.92 Å². The van der Waals surface area contributed by atoms with Crippen LogP contribution in [0.1, 0.15) is 37.8 Å². The Bertz CT molecular complexity index is 1180. The Kier molecular flexibility index (Phi) is 10.6. The monoisotopic (exact) mass is 516 g/mol. The van der Waals surface area contributed by atoms with Crippen molar-refractivity contribution in [1.82, 2.24) is 10.6 Å². The molecule has 0 aliphatic carbocycles. The summed E-state index contributed by atoms with van der Waals surface area (Å²) >= 11 is 0. The molecule has 7 heteroatoms. The number of hydrogen-bond donors (Lipinski definition) is 4. The summed E-state index contributed by atoms with van der Waals surface area (Å²) in [5.74, 6) is -2.61. The summed E-state index contributed by atoms with van der Waals surface area (Å²) in [7, 11) is 0. The molecule has 3 rings (SSSR count). The summed E-state index contributed by atoms with van der Waals surface area (Å²) in [6.07, 6.45) is 1.33. The number of carbonyl (C=O) groups is 3. The van der Waals surface area contributed by atoms with Crippen LogP contribution in [0.5, 0.6) is 0 Å². The Balaban J connectivity index is 1.67. The third kappa shape index (κ3) is 8.85. The lowest BCUT2D eigenvalue weighted by Crippen LogP contribution is -2.55. The van der Waals surface area contributed by atoms with Crippen LogP contribution in [0.4, 0.5) is 0 Å². The first-order chi connectivity index (χ1) is 18.2. The molecule has 0 aromatic heterocycles. The minimum atomic E-state index is -1.15. The van der Waals surface area contributed by atoms with Crippen LogP contribution in [0.3, 0.4) is 0 Å². The van der Waals surface area contributed by atoms with Crippen molar-refractivity contribution < 1.29 is 24.6 Å².